The van der Waals surface area contributed by atoms with E-state index in [1.807, 2.05) is 0 Å². The van der Waals surface area contributed by atoms with Gasteiger partial charge in [0.05, 0.1) is 0 Å². The standard InChI is InChI=1S/C11H11NO4/c1-7(11(15)16)12-10(14)9(13)8-5-3-2-4-6-8/h2-7H,1H3,(H,12,14)(H,15,16)/t7-/m1/s1. The van der Waals surface area contributed by atoms with Gasteiger partial charge in [0.15, 0.2) is 0 Å². The maximum absolute atomic E-state index is 11.5. The third kappa shape index (κ3) is 2.91. The molecule has 84 valence electrons. The summed E-state index contributed by atoms with van der Waals surface area (Å²) in [6.07, 6.45) is 0. The van der Waals surface area contributed by atoms with Crippen LogP contribution < -0.4 is 5.32 Å². The molecule has 1 atom stereocenters. The minimum atomic E-state index is -1.19. The van der Waals surface area contributed by atoms with Crippen molar-refractivity contribution in [1.29, 1.82) is 0 Å². The molecule has 0 saturated heterocycles. The van der Waals surface area contributed by atoms with E-state index in [1.54, 1.807) is 18.2 Å². The van der Waals surface area contributed by atoms with Crippen LogP contribution in [0.15, 0.2) is 30.3 Å². The molecule has 0 aliphatic carbocycles. The molecule has 0 aliphatic heterocycles. The van der Waals surface area contributed by atoms with Crippen LogP contribution in [0, 0.1) is 0 Å². The van der Waals surface area contributed by atoms with Crippen LogP contribution in [0.5, 0.6) is 0 Å². The minimum absolute atomic E-state index is 0.234. The summed E-state index contributed by atoms with van der Waals surface area (Å²) < 4.78 is 0. The van der Waals surface area contributed by atoms with Crippen molar-refractivity contribution >= 4 is 17.7 Å². The second-order valence-corrected chi connectivity index (χ2v) is 3.23. The van der Waals surface area contributed by atoms with E-state index in [0.29, 0.717) is 0 Å². The molecule has 1 aromatic rings. The molecule has 1 aromatic carbocycles. The van der Waals surface area contributed by atoms with Gasteiger partial charge in [-0.1, -0.05) is 30.3 Å². The number of carbonyl (C=O) groups is 3. The zero-order chi connectivity index (χ0) is 12.1. The molecule has 0 bridgehead atoms. The van der Waals surface area contributed by atoms with Crippen molar-refractivity contribution in [3.05, 3.63) is 35.9 Å². The molecule has 16 heavy (non-hydrogen) atoms. The number of nitrogens with one attached hydrogen (secondary N) is 1. The molecule has 0 aromatic heterocycles. The summed E-state index contributed by atoms with van der Waals surface area (Å²) in [5.41, 5.74) is 0.234. The fourth-order valence-electron chi connectivity index (χ4n) is 1.04. The van der Waals surface area contributed by atoms with Crippen molar-refractivity contribution in [2.24, 2.45) is 0 Å². The number of Topliss-reactive ketones (excluding diaryl/α,β-unsaturated/α-hetero) is 1. The van der Waals surface area contributed by atoms with E-state index < -0.39 is 23.7 Å². The Morgan fingerprint density at radius 1 is 1.19 bits per heavy atom. The summed E-state index contributed by atoms with van der Waals surface area (Å²) in [4.78, 5) is 33.3. The molecule has 0 aliphatic rings. The van der Waals surface area contributed by atoms with Gasteiger partial charge in [-0.2, -0.15) is 0 Å². The van der Waals surface area contributed by atoms with Crippen LogP contribution >= 0.6 is 0 Å². The SMILES string of the molecule is C[C@@H](NC(=O)C(=O)c1ccccc1)C(=O)O. The maximum atomic E-state index is 11.5. The smallest absolute Gasteiger partial charge is 0.325 e. The molecule has 0 heterocycles. The third-order valence-electron chi connectivity index (χ3n) is 1.96. The Morgan fingerprint density at radius 2 is 1.75 bits per heavy atom. The highest BCUT2D eigenvalue weighted by molar-refractivity contribution is 6.43. The lowest BCUT2D eigenvalue weighted by atomic mass is 10.1. The van der Waals surface area contributed by atoms with Crippen molar-refractivity contribution in [2.75, 3.05) is 0 Å². The van der Waals surface area contributed by atoms with Crippen molar-refractivity contribution in [3.8, 4) is 0 Å². The Morgan fingerprint density at radius 3 is 2.25 bits per heavy atom. The van der Waals surface area contributed by atoms with Crippen LogP contribution in [0.1, 0.15) is 17.3 Å². The number of carboxylic acids is 1. The van der Waals surface area contributed by atoms with Crippen molar-refractivity contribution in [1.82, 2.24) is 5.32 Å². The van der Waals surface area contributed by atoms with E-state index in [9.17, 15) is 14.4 Å². The lowest BCUT2D eigenvalue weighted by Gasteiger charge is -2.07. The Bertz CT molecular complexity index is 413. The van der Waals surface area contributed by atoms with Crippen LogP contribution in [-0.2, 0) is 9.59 Å². The Labute approximate surface area is 92.1 Å². The van der Waals surface area contributed by atoms with Crippen LogP contribution in [0.25, 0.3) is 0 Å². The van der Waals surface area contributed by atoms with Crippen molar-refractivity contribution in [3.63, 3.8) is 0 Å². The van der Waals surface area contributed by atoms with E-state index in [4.69, 9.17) is 5.11 Å². The summed E-state index contributed by atoms with van der Waals surface area (Å²) >= 11 is 0. The molecule has 1 amide bonds. The van der Waals surface area contributed by atoms with Gasteiger partial charge in [-0.15, -0.1) is 0 Å². The maximum Gasteiger partial charge on any atom is 0.325 e. The predicted octanol–water partition coefficient (Wildman–Crippen LogP) is 0.459. The molecule has 0 radical (unpaired) electrons. The van der Waals surface area contributed by atoms with E-state index in [0.717, 1.165) is 0 Å². The highest BCUT2D eigenvalue weighted by Gasteiger charge is 2.20. The average Bonchev–Trinajstić information content (AvgIpc) is 2.28. The summed E-state index contributed by atoms with van der Waals surface area (Å²) in [5, 5.41) is 10.6. The lowest BCUT2D eigenvalue weighted by molar-refractivity contribution is -0.140. The first kappa shape index (κ1) is 11.9. The molecule has 2 N–H and O–H groups in total. The highest BCUT2D eigenvalue weighted by atomic mass is 16.4. The zero-order valence-electron chi connectivity index (χ0n) is 8.64. The van der Waals surface area contributed by atoms with Gasteiger partial charge < -0.3 is 10.4 Å². The van der Waals surface area contributed by atoms with Crippen molar-refractivity contribution < 1.29 is 19.5 Å². The third-order valence-corrected chi connectivity index (χ3v) is 1.96. The van der Waals surface area contributed by atoms with Gasteiger partial charge in [-0.25, -0.2) is 0 Å². The molecule has 0 saturated carbocycles. The van der Waals surface area contributed by atoms with Crippen LogP contribution in [-0.4, -0.2) is 28.8 Å². The summed E-state index contributed by atoms with van der Waals surface area (Å²) in [5.74, 6) is -2.84. The molecule has 0 fully saturated rings. The first-order chi connectivity index (χ1) is 7.52. The van der Waals surface area contributed by atoms with E-state index in [-0.39, 0.29) is 5.56 Å². The minimum Gasteiger partial charge on any atom is -0.480 e. The normalized spacial score (nSPS) is 11.6. The molecule has 5 nitrogen and oxygen atoms in total. The summed E-state index contributed by atoms with van der Waals surface area (Å²) in [6.45, 7) is 1.29. The molecular weight excluding hydrogens is 210 g/mol. The zero-order valence-corrected chi connectivity index (χ0v) is 8.64. The summed E-state index contributed by atoms with van der Waals surface area (Å²) in [7, 11) is 0. The van der Waals surface area contributed by atoms with E-state index in [1.165, 1.54) is 19.1 Å². The molecule has 0 unspecified atom stereocenters. The van der Waals surface area contributed by atoms with Gasteiger partial charge in [-0.3, -0.25) is 14.4 Å². The number of amides is 1. The highest BCUT2D eigenvalue weighted by Crippen LogP contribution is 2.00. The number of carboxylic acid groups (broad SMARTS) is 1. The monoisotopic (exact) mass is 221 g/mol. The average molecular weight is 221 g/mol. The fourth-order valence-corrected chi connectivity index (χ4v) is 1.04. The predicted molar refractivity (Wildman–Crippen MR) is 56.0 cm³/mol. The number of rotatable bonds is 4. The topological polar surface area (TPSA) is 83.5 Å². The molecule has 1 rings (SSSR count). The first-order valence-electron chi connectivity index (χ1n) is 4.65. The van der Waals surface area contributed by atoms with Gasteiger partial charge in [0.1, 0.15) is 6.04 Å². The van der Waals surface area contributed by atoms with Crippen LogP contribution in [0.4, 0.5) is 0 Å². The van der Waals surface area contributed by atoms with E-state index >= 15 is 0 Å². The Kier molecular flexibility index (Phi) is 3.77. The van der Waals surface area contributed by atoms with Gasteiger partial charge in [-0.05, 0) is 6.92 Å². The first-order valence-corrected chi connectivity index (χ1v) is 4.65. The van der Waals surface area contributed by atoms with Crippen LogP contribution in [0.2, 0.25) is 0 Å². The molecule has 0 spiro atoms. The fraction of sp³-hybridized carbons (Fsp3) is 0.182. The number of benzene rings is 1. The number of aliphatic carboxylic acids is 1. The number of hydrogen-bond acceptors (Lipinski definition) is 3. The van der Waals surface area contributed by atoms with Gasteiger partial charge in [0.25, 0.3) is 5.91 Å². The lowest BCUT2D eigenvalue weighted by Crippen LogP contribution is -2.42. The number of ketones is 1. The number of hydrogen-bond donors (Lipinski definition) is 2. The van der Waals surface area contributed by atoms with Gasteiger partial charge in [0.2, 0.25) is 5.78 Å². The Hall–Kier alpha value is -2.17. The van der Waals surface area contributed by atoms with E-state index in [2.05, 4.69) is 5.32 Å². The van der Waals surface area contributed by atoms with Crippen molar-refractivity contribution in [2.45, 2.75) is 13.0 Å². The molecular formula is C11H11NO4. The summed E-state index contributed by atoms with van der Waals surface area (Å²) in [6, 6.07) is 6.87. The second-order valence-electron chi connectivity index (χ2n) is 3.23. The van der Waals surface area contributed by atoms with Gasteiger partial charge >= 0.3 is 5.97 Å². The molecule has 5 heteroatoms. The second kappa shape index (κ2) is 5.06. The van der Waals surface area contributed by atoms with Crippen LogP contribution in [0.3, 0.4) is 0 Å². The number of carbonyl (C=O) groups excluding carboxylic acids is 2. The Balaban J connectivity index is 2.69. The van der Waals surface area contributed by atoms with Gasteiger partial charge in [0, 0.05) is 5.56 Å². The largest absolute Gasteiger partial charge is 0.480 e. The quantitative estimate of drug-likeness (QED) is 0.571.